The van der Waals surface area contributed by atoms with Crippen LogP contribution in [0.2, 0.25) is 0 Å². The van der Waals surface area contributed by atoms with E-state index in [1.54, 1.807) is 19.9 Å². The predicted molar refractivity (Wildman–Crippen MR) is 78.6 cm³/mol. The Morgan fingerprint density at radius 3 is 2.64 bits per heavy atom. The molecule has 0 fully saturated rings. The van der Waals surface area contributed by atoms with Crippen molar-refractivity contribution in [3.05, 3.63) is 57.6 Å². The fourth-order valence-corrected chi connectivity index (χ4v) is 2.58. The van der Waals surface area contributed by atoms with E-state index in [0.29, 0.717) is 17.0 Å². The maximum absolute atomic E-state index is 11.6. The Balaban J connectivity index is 2.66. The Kier molecular flexibility index (Phi) is 4.17. The fraction of sp³-hybridized carbons (Fsp3) is 0.200. The van der Waals surface area contributed by atoms with E-state index in [4.69, 9.17) is 5.21 Å². The van der Waals surface area contributed by atoms with Crippen LogP contribution in [0.25, 0.3) is 0 Å². The van der Waals surface area contributed by atoms with Crippen molar-refractivity contribution in [1.82, 2.24) is 5.32 Å². The Morgan fingerprint density at radius 1 is 1.41 bits per heavy atom. The molecule has 1 unspecified atom stereocenters. The van der Waals surface area contributed by atoms with Gasteiger partial charge in [-0.05, 0) is 31.5 Å². The summed E-state index contributed by atoms with van der Waals surface area (Å²) in [5, 5.41) is 41.5. The molecule has 0 saturated carbocycles. The van der Waals surface area contributed by atoms with E-state index in [0.717, 1.165) is 0 Å². The van der Waals surface area contributed by atoms with Crippen LogP contribution in [0, 0.1) is 16.5 Å². The molecule has 1 aromatic carbocycles. The van der Waals surface area contributed by atoms with Gasteiger partial charge in [-0.25, -0.2) is 4.79 Å². The second kappa shape index (κ2) is 5.89. The molecule has 0 aromatic heterocycles. The Hall–Kier alpha value is -2.82. The lowest BCUT2D eigenvalue weighted by molar-refractivity contribution is -0.133. The fourth-order valence-electron chi connectivity index (χ4n) is 2.58. The second-order valence-electron chi connectivity index (χ2n) is 4.92. The van der Waals surface area contributed by atoms with Gasteiger partial charge < -0.3 is 20.9 Å². The molecule has 1 aliphatic heterocycles. The number of carbonyl (C=O) groups is 1. The quantitative estimate of drug-likeness (QED) is 0.732. The number of aliphatic carboxylic acids is 1. The summed E-state index contributed by atoms with van der Waals surface area (Å²) in [7, 11) is 0. The van der Waals surface area contributed by atoms with Gasteiger partial charge in [0.2, 0.25) is 0 Å². The van der Waals surface area contributed by atoms with Gasteiger partial charge in [-0.2, -0.15) is 5.26 Å². The van der Waals surface area contributed by atoms with Crippen molar-refractivity contribution in [2.75, 3.05) is 5.23 Å². The van der Waals surface area contributed by atoms with E-state index in [-0.39, 0.29) is 22.1 Å². The standard InChI is InChI=1S/C15H14N3O4/c1-8-12(7-16)14(13(15(19)20)9(2)17-8)10-4-3-5-11(6-10)18(21)22/h3-6,14,17,21H,1-2H3,(H,19,20)/q-1. The third kappa shape index (κ3) is 2.65. The van der Waals surface area contributed by atoms with Gasteiger partial charge in [0.25, 0.3) is 0 Å². The van der Waals surface area contributed by atoms with Crippen molar-refractivity contribution in [3.63, 3.8) is 0 Å². The SMILES string of the molecule is CC1=C(C#N)C(c2cccc(N([O-])O)c2)C(C(=O)O)=C(C)N1. The normalized spacial score (nSPS) is 17.9. The first-order valence-electron chi connectivity index (χ1n) is 6.44. The van der Waals surface area contributed by atoms with E-state index < -0.39 is 11.9 Å². The number of nitrogens with zero attached hydrogens (tertiary/aromatic N) is 2. The van der Waals surface area contributed by atoms with E-state index in [2.05, 4.69) is 5.32 Å². The number of dihydropyridines is 1. The van der Waals surface area contributed by atoms with Crippen molar-refractivity contribution in [3.8, 4) is 6.07 Å². The first-order chi connectivity index (χ1) is 10.4. The van der Waals surface area contributed by atoms with Crippen LogP contribution in [0.4, 0.5) is 5.69 Å². The van der Waals surface area contributed by atoms with Crippen LogP contribution in [0.5, 0.6) is 0 Å². The van der Waals surface area contributed by atoms with Gasteiger partial charge in [0.15, 0.2) is 0 Å². The van der Waals surface area contributed by atoms with E-state index in [1.165, 1.54) is 18.2 Å². The van der Waals surface area contributed by atoms with Gasteiger partial charge in [0.1, 0.15) is 0 Å². The minimum Gasteiger partial charge on any atom is -0.733 e. The highest BCUT2D eigenvalue weighted by molar-refractivity contribution is 5.91. The number of carboxylic acids is 1. The Bertz CT molecular complexity index is 729. The summed E-state index contributed by atoms with van der Waals surface area (Å²) in [5.41, 5.74) is 1.70. The monoisotopic (exact) mass is 300 g/mol. The molecule has 0 radical (unpaired) electrons. The number of benzene rings is 1. The maximum Gasteiger partial charge on any atom is 0.334 e. The summed E-state index contributed by atoms with van der Waals surface area (Å²) in [6, 6.07) is 7.91. The highest BCUT2D eigenvalue weighted by atomic mass is 16.8. The first-order valence-corrected chi connectivity index (χ1v) is 6.44. The summed E-state index contributed by atoms with van der Waals surface area (Å²) in [4.78, 5) is 11.6. The summed E-state index contributed by atoms with van der Waals surface area (Å²) in [5.74, 6) is -1.95. The molecule has 0 bridgehead atoms. The Morgan fingerprint density at radius 2 is 2.09 bits per heavy atom. The van der Waals surface area contributed by atoms with Crippen molar-refractivity contribution in [2.24, 2.45) is 0 Å². The summed E-state index contributed by atoms with van der Waals surface area (Å²) in [6.45, 7) is 3.30. The zero-order chi connectivity index (χ0) is 16.4. The molecule has 22 heavy (non-hydrogen) atoms. The highest BCUT2D eigenvalue weighted by Gasteiger charge is 2.33. The van der Waals surface area contributed by atoms with E-state index >= 15 is 0 Å². The average Bonchev–Trinajstić information content (AvgIpc) is 2.46. The van der Waals surface area contributed by atoms with Crippen LogP contribution in [0.3, 0.4) is 0 Å². The molecule has 0 saturated heterocycles. The molecule has 0 spiro atoms. The molecule has 1 aromatic rings. The zero-order valence-corrected chi connectivity index (χ0v) is 12.0. The van der Waals surface area contributed by atoms with Gasteiger partial charge in [-0.1, -0.05) is 12.1 Å². The largest absolute Gasteiger partial charge is 0.733 e. The number of carboxylic acid groups (broad SMARTS) is 1. The minimum absolute atomic E-state index is 0.0339. The summed E-state index contributed by atoms with van der Waals surface area (Å²) >= 11 is 0. The summed E-state index contributed by atoms with van der Waals surface area (Å²) in [6.07, 6.45) is 0. The van der Waals surface area contributed by atoms with E-state index in [1.807, 2.05) is 6.07 Å². The summed E-state index contributed by atoms with van der Waals surface area (Å²) < 4.78 is 0. The molecule has 0 aliphatic carbocycles. The van der Waals surface area contributed by atoms with Crippen molar-refractivity contribution in [1.29, 1.82) is 5.26 Å². The average molecular weight is 300 g/mol. The van der Waals surface area contributed by atoms with Crippen LogP contribution < -0.4 is 10.5 Å². The lowest BCUT2D eigenvalue weighted by Crippen LogP contribution is -2.27. The number of hydrogen-bond donors (Lipinski definition) is 3. The number of allylic oxidation sites excluding steroid dienone is 3. The smallest absolute Gasteiger partial charge is 0.334 e. The van der Waals surface area contributed by atoms with E-state index in [9.17, 15) is 20.4 Å². The minimum atomic E-state index is -1.15. The predicted octanol–water partition coefficient (Wildman–Crippen LogP) is 2.22. The molecular formula is C15H14N3O4-. The Labute approximate surface area is 126 Å². The van der Waals surface area contributed by atoms with Gasteiger partial charge in [-0.15, -0.1) is 0 Å². The third-order valence-electron chi connectivity index (χ3n) is 3.54. The van der Waals surface area contributed by atoms with Crippen LogP contribution in [-0.4, -0.2) is 16.3 Å². The lowest BCUT2D eigenvalue weighted by atomic mass is 9.81. The lowest BCUT2D eigenvalue weighted by Gasteiger charge is -2.29. The highest BCUT2D eigenvalue weighted by Crippen LogP contribution is 2.38. The molecule has 1 aliphatic rings. The molecule has 1 heterocycles. The molecule has 3 N–H and O–H groups in total. The molecular weight excluding hydrogens is 286 g/mol. The number of rotatable bonds is 3. The van der Waals surface area contributed by atoms with Crippen LogP contribution in [-0.2, 0) is 4.79 Å². The van der Waals surface area contributed by atoms with Crippen LogP contribution >= 0.6 is 0 Å². The molecule has 7 nitrogen and oxygen atoms in total. The van der Waals surface area contributed by atoms with Crippen LogP contribution in [0.1, 0.15) is 25.3 Å². The zero-order valence-electron chi connectivity index (χ0n) is 12.0. The molecule has 0 amide bonds. The first kappa shape index (κ1) is 15.6. The van der Waals surface area contributed by atoms with Gasteiger partial charge in [0, 0.05) is 11.4 Å². The topological polar surface area (TPSA) is 120 Å². The van der Waals surface area contributed by atoms with Gasteiger partial charge in [-0.3, -0.25) is 5.21 Å². The number of nitrogens with one attached hydrogen (secondary N) is 1. The van der Waals surface area contributed by atoms with Gasteiger partial charge >= 0.3 is 5.97 Å². The molecule has 2 rings (SSSR count). The van der Waals surface area contributed by atoms with Crippen molar-refractivity contribution < 1.29 is 15.1 Å². The second-order valence-corrected chi connectivity index (χ2v) is 4.92. The molecule has 114 valence electrons. The third-order valence-corrected chi connectivity index (χ3v) is 3.54. The number of nitriles is 1. The van der Waals surface area contributed by atoms with Crippen molar-refractivity contribution >= 4 is 11.7 Å². The maximum atomic E-state index is 11.6. The number of anilines is 1. The van der Waals surface area contributed by atoms with Gasteiger partial charge in [0.05, 0.1) is 28.8 Å². The van der Waals surface area contributed by atoms with Crippen LogP contribution in [0.15, 0.2) is 46.8 Å². The number of hydrogen-bond acceptors (Lipinski definition) is 6. The molecule has 7 heteroatoms. The molecule has 1 atom stereocenters. The van der Waals surface area contributed by atoms with Crippen molar-refractivity contribution in [2.45, 2.75) is 19.8 Å².